The van der Waals surface area contributed by atoms with Crippen molar-refractivity contribution in [2.75, 3.05) is 6.26 Å². The summed E-state index contributed by atoms with van der Waals surface area (Å²) < 4.78 is 0. The molecule has 87 valence electrons. The molecule has 1 nitrogen and oxygen atoms in total. The van der Waals surface area contributed by atoms with E-state index in [1.54, 1.807) is 11.8 Å². The standard InChI is InChI=1S/C13H21BNS/c1-10(2)15(11(3)4)14-12-6-8-13(16-5)9-7-12/h6-11H,1-5H3. The Morgan fingerprint density at radius 1 is 1.00 bits per heavy atom. The second-order valence-corrected chi connectivity index (χ2v) is 5.42. The lowest BCUT2D eigenvalue weighted by atomic mass is 9.78. The first kappa shape index (κ1) is 13.7. The SMILES string of the molecule is CSc1ccc([B]N(C(C)C)C(C)C)cc1. The van der Waals surface area contributed by atoms with Gasteiger partial charge in [-0.3, -0.25) is 0 Å². The highest BCUT2D eigenvalue weighted by molar-refractivity contribution is 7.98. The third kappa shape index (κ3) is 3.87. The zero-order chi connectivity index (χ0) is 12.1. The monoisotopic (exact) mass is 234 g/mol. The maximum absolute atomic E-state index is 2.38. The van der Waals surface area contributed by atoms with E-state index >= 15 is 0 Å². The van der Waals surface area contributed by atoms with Crippen LogP contribution in [0.3, 0.4) is 0 Å². The van der Waals surface area contributed by atoms with Crippen LogP contribution in [0.25, 0.3) is 0 Å². The lowest BCUT2D eigenvalue weighted by molar-refractivity contribution is 0.315. The summed E-state index contributed by atoms with van der Waals surface area (Å²) in [6.45, 7) is 8.92. The molecule has 3 heteroatoms. The van der Waals surface area contributed by atoms with Crippen molar-refractivity contribution >= 4 is 24.6 Å². The first-order valence-corrected chi connectivity index (χ1v) is 7.03. The van der Waals surface area contributed by atoms with Crippen LogP contribution in [0, 0.1) is 0 Å². The van der Waals surface area contributed by atoms with Gasteiger partial charge in [0.25, 0.3) is 0 Å². The van der Waals surface area contributed by atoms with Crippen LogP contribution >= 0.6 is 11.8 Å². The second kappa shape index (κ2) is 6.36. The van der Waals surface area contributed by atoms with Crippen LogP contribution in [-0.4, -0.2) is 30.6 Å². The van der Waals surface area contributed by atoms with E-state index in [0.717, 1.165) is 0 Å². The van der Waals surface area contributed by atoms with Crippen LogP contribution in [0.15, 0.2) is 29.2 Å². The van der Waals surface area contributed by atoms with Gasteiger partial charge < -0.3 is 4.81 Å². The van der Waals surface area contributed by atoms with E-state index in [1.165, 1.54) is 10.4 Å². The molecule has 1 aromatic carbocycles. The normalized spacial score (nSPS) is 11.5. The van der Waals surface area contributed by atoms with Gasteiger partial charge in [-0.05, 0) is 30.5 Å². The van der Waals surface area contributed by atoms with Crippen LogP contribution in [0.1, 0.15) is 27.7 Å². The summed E-state index contributed by atoms with van der Waals surface area (Å²) in [4.78, 5) is 3.70. The molecule has 0 saturated heterocycles. The van der Waals surface area contributed by atoms with Gasteiger partial charge in [-0.2, -0.15) is 0 Å². The molecule has 0 spiro atoms. The second-order valence-electron chi connectivity index (χ2n) is 4.54. The molecule has 0 aliphatic rings. The fourth-order valence-electron chi connectivity index (χ4n) is 1.76. The van der Waals surface area contributed by atoms with Crippen LogP contribution < -0.4 is 5.46 Å². The Labute approximate surface area is 105 Å². The Morgan fingerprint density at radius 3 is 1.88 bits per heavy atom. The molecule has 16 heavy (non-hydrogen) atoms. The van der Waals surface area contributed by atoms with Crippen LogP contribution in [-0.2, 0) is 0 Å². The van der Waals surface area contributed by atoms with E-state index in [9.17, 15) is 0 Å². The van der Waals surface area contributed by atoms with E-state index < -0.39 is 0 Å². The van der Waals surface area contributed by atoms with Crippen molar-refractivity contribution in [3.8, 4) is 0 Å². The Kier molecular flexibility index (Phi) is 5.43. The van der Waals surface area contributed by atoms with E-state index in [1.807, 2.05) is 0 Å². The Balaban J connectivity index is 2.70. The van der Waals surface area contributed by atoms with Gasteiger partial charge in [0.05, 0.1) is 0 Å². The summed E-state index contributed by atoms with van der Waals surface area (Å²) >= 11 is 1.78. The predicted molar refractivity (Wildman–Crippen MR) is 75.7 cm³/mol. The molecule has 0 atom stereocenters. The van der Waals surface area contributed by atoms with Crippen molar-refractivity contribution in [3.63, 3.8) is 0 Å². The summed E-state index contributed by atoms with van der Waals surface area (Å²) in [6, 6.07) is 9.80. The molecular formula is C13H21BNS. The van der Waals surface area contributed by atoms with Gasteiger partial charge in [0.1, 0.15) is 0 Å². The van der Waals surface area contributed by atoms with Gasteiger partial charge in [0.2, 0.25) is 7.41 Å². The van der Waals surface area contributed by atoms with Crippen molar-refractivity contribution in [2.45, 2.75) is 44.7 Å². The summed E-state index contributed by atoms with van der Waals surface area (Å²) in [6.07, 6.45) is 2.10. The van der Waals surface area contributed by atoms with Gasteiger partial charge in [-0.15, -0.1) is 11.8 Å². The average Bonchev–Trinajstić information content (AvgIpc) is 2.25. The summed E-state index contributed by atoms with van der Waals surface area (Å²) in [5.41, 5.74) is 1.28. The van der Waals surface area contributed by atoms with E-state index in [4.69, 9.17) is 0 Å². The van der Waals surface area contributed by atoms with Crippen LogP contribution in [0.5, 0.6) is 0 Å². The van der Waals surface area contributed by atoms with Gasteiger partial charge in [0, 0.05) is 4.90 Å². The largest absolute Gasteiger partial charge is 0.338 e. The molecule has 0 fully saturated rings. The van der Waals surface area contributed by atoms with E-state index in [-0.39, 0.29) is 0 Å². The molecule has 0 bridgehead atoms. The minimum Gasteiger partial charge on any atom is -0.338 e. The Morgan fingerprint density at radius 2 is 1.50 bits per heavy atom. The van der Waals surface area contributed by atoms with Gasteiger partial charge in [0.15, 0.2) is 0 Å². The Bertz CT molecular complexity index is 300. The smallest absolute Gasteiger partial charge is 0.248 e. The maximum atomic E-state index is 2.38. The summed E-state index contributed by atoms with van der Waals surface area (Å²) in [7, 11) is 2.25. The third-order valence-corrected chi connectivity index (χ3v) is 3.35. The topological polar surface area (TPSA) is 3.24 Å². The molecule has 1 rings (SSSR count). The fourth-order valence-corrected chi connectivity index (χ4v) is 2.16. The zero-order valence-electron chi connectivity index (χ0n) is 10.9. The fraction of sp³-hybridized carbons (Fsp3) is 0.538. The molecule has 1 aromatic rings. The number of hydrogen-bond donors (Lipinski definition) is 0. The van der Waals surface area contributed by atoms with Gasteiger partial charge in [-0.1, -0.05) is 45.3 Å². The summed E-state index contributed by atoms with van der Waals surface area (Å²) in [5.74, 6) is 0. The number of thioether (sulfide) groups is 1. The molecule has 0 N–H and O–H groups in total. The lowest BCUT2D eigenvalue weighted by Crippen LogP contribution is -2.45. The molecule has 0 aromatic heterocycles. The highest BCUT2D eigenvalue weighted by atomic mass is 32.2. The highest BCUT2D eigenvalue weighted by Gasteiger charge is 2.14. The first-order valence-electron chi connectivity index (χ1n) is 5.81. The van der Waals surface area contributed by atoms with E-state index in [2.05, 4.69) is 70.4 Å². The molecule has 0 amide bonds. The first-order chi connectivity index (χ1) is 7.54. The molecule has 0 aliphatic carbocycles. The number of rotatable bonds is 5. The minimum atomic E-state index is 0.542. The van der Waals surface area contributed by atoms with Crippen molar-refractivity contribution in [2.24, 2.45) is 0 Å². The summed E-state index contributed by atoms with van der Waals surface area (Å²) in [5, 5.41) is 0. The average molecular weight is 234 g/mol. The third-order valence-electron chi connectivity index (χ3n) is 2.61. The predicted octanol–water partition coefficient (Wildman–Crippen LogP) is 2.77. The van der Waals surface area contributed by atoms with Crippen molar-refractivity contribution < 1.29 is 0 Å². The quantitative estimate of drug-likeness (QED) is 0.569. The molecule has 0 heterocycles. The zero-order valence-corrected chi connectivity index (χ0v) is 11.7. The van der Waals surface area contributed by atoms with Crippen molar-refractivity contribution in [1.29, 1.82) is 0 Å². The number of benzene rings is 1. The van der Waals surface area contributed by atoms with Crippen molar-refractivity contribution in [3.05, 3.63) is 24.3 Å². The molecule has 0 saturated carbocycles. The number of nitrogens with zero attached hydrogens (tertiary/aromatic N) is 1. The number of hydrogen-bond acceptors (Lipinski definition) is 2. The van der Waals surface area contributed by atoms with E-state index in [0.29, 0.717) is 12.1 Å². The molecule has 1 radical (unpaired) electrons. The molecule has 0 unspecified atom stereocenters. The highest BCUT2D eigenvalue weighted by Crippen LogP contribution is 2.11. The molecule has 0 aliphatic heterocycles. The van der Waals surface area contributed by atoms with Crippen molar-refractivity contribution in [1.82, 2.24) is 4.81 Å². The minimum absolute atomic E-state index is 0.542. The van der Waals surface area contributed by atoms with Gasteiger partial charge >= 0.3 is 0 Å². The van der Waals surface area contributed by atoms with Crippen LogP contribution in [0.4, 0.5) is 0 Å². The Hall–Kier alpha value is -0.405. The lowest BCUT2D eigenvalue weighted by Gasteiger charge is -2.30. The van der Waals surface area contributed by atoms with Gasteiger partial charge in [-0.25, -0.2) is 0 Å². The van der Waals surface area contributed by atoms with Crippen LogP contribution in [0.2, 0.25) is 0 Å². The molecular weight excluding hydrogens is 213 g/mol. The maximum Gasteiger partial charge on any atom is 0.248 e.